The molecule has 27 heavy (non-hydrogen) atoms. The van der Waals surface area contributed by atoms with Crippen LogP contribution in [0, 0.1) is 6.92 Å². The second-order valence-corrected chi connectivity index (χ2v) is 6.96. The molecule has 0 amide bonds. The van der Waals surface area contributed by atoms with E-state index in [9.17, 15) is 0 Å². The van der Waals surface area contributed by atoms with Crippen LogP contribution >= 0.6 is 0 Å². The van der Waals surface area contributed by atoms with Crippen molar-refractivity contribution in [1.29, 1.82) is 0 Å². The molecule has 0 aliphatic carbocycles. The first kappa shape index (κ1) is 17.6. The third-order valence-electron chi connectivity index (χ3n) is 5.20. The lowest BCUT2D eigenvalue weighted by molar-refractivity contribution is 0.0976. The Morgan fingerprint density at radius 3 is 2.48 bits per heavy atom. The topological polar surface area (TPSA) is 39.5 Å². The second kappa shape index (κ2) is 7.45. The van der Waals surface area contributed by atoms with Gasteiger partial charge in [-0.2, -0.15) is 0 Å². The molecular formula is C22H25N3O2. The molecule has 140 valence electrons. The van der Waals surface area contributed by atoms with Gasteiger partial charge in [0.2, 0.25) is 0 Å². The van der Waals surface area contributed by atoms with Gasteiger partial charge in [-0.3, -0.25) is 4.90 Å². The van der Waals surface area contributed by atoms with E-state index in [0.29, 0.717) is 6.04 Å². The van der Waals surface area contributed by atoms with Gasteiger partial charge in [0.05, 0.1) is 20.3 Å². The number of aromatic nitrogens is 2. The zero-order valence-corrected chi connectivity index (χ0v) is 16.1. The fourth-order valence-electron chi connectivity index (χ4n) is 3.86. The first-order valence-electron chi connectivity index (χ1n) is 9.22. The summed E-state index contributed by atoms with van der Waals surface area (Å²) in [6.07, 6.45) is 1.97. The lowest BCUT2D eigenvalue weighted by Gasteiger charge is -2.41. The molecule has 0 spiro atoms. The van der Waals surface area contributed by atoms with Gasteiger partial charge in [-0.05, 0) is 13.0 Å². The van der Waals surface area contributed by atoms with E-state index in [2.05, 4.69) is 51.7 Å². The van der Waals surface area contributed by atoms with Crippen LogP contribution in [0.5, 0.6) is 11.5 Å². The number of likely N-dealkylation sites (tertiary alicyclic amines) is 1. The maximum atomic E-state index is 5.57. The molecule has 0 bridgehead atoms. The Bertz CT molecular complexity index is 915. The van der Waals surface area contributed by atoms with E-state index in [1.54, 1.807) is 14.2 Å². The van der Waals surface area contributed by atoms with Crippen molar-refractivity contribution in [2.45, 2.75) is 19.5 Å². The van der Waals surface area contributed by atoms with Crippen LogP contribution in [0.3, 0.4) is 0 Å². The molecular weight excluding hydrogens is 338 g/mol. The van der Waals surface area contributed by atoms with Crippen LogP contribution in [0.2, 0.25) is 0 Å². The summed E-state index contributed by atoms with van der Waals surface area (Å²) in [6.45, 7) is 4.98. The number of para-hydroxylation sites is 1. The van der Waals surface area contributed by atoms with Gasteiger partial charge < -0.3 is 14.0 Å². The summed E-state index contributed by atoms with van der Waals surface area (Å²) in [5, 5.41) is 0. The number of benzene rings is 2. The quantitative estimate of drug-likeness (QED) is 0.665. The number of aryl methyl sites for hydroxylation is 1. The number of nitrogens with zero attached hydrogens (tertiary/aromatic N) is 3. The molecule has 1 aromatic heterocycles. The summed E-state index contributed by atoms with van der Waals surface area (Å²) in [7, 11) is 3.37. The Balaban J connectivity index is 1.49. The van der Waals surface area contributed by atoms with Gasteiger partial charge in [0.25, 0.3) is 0 Å². The van der Waals surface area contributed by atoms with Crippen molar-refractivity contribution in [3.05, 3.63) is 66.0 Å². The number of hydrogen-bond acceptors (Lipinski definition) is 4. The van der Waals surface area contributed by atoms with E-state index in [0.717, 1.165) is 42.5 Å². The van der Waals surface area contributed by atoms with Crippen molar-refractivity contribution in [2.24, 2.45) is 0 Å². The average Bonchev–Trinajstić information content (AvgIpc) is 3.05. The molecule has 4 rings (SSSR count). The van der Waals surface area contributed by atoms with Gasteiger partial charge in [0.15, 0.2) is 11.5 Å². The zero-order valence-electron chi connectivity index (χ0n) is 16.1. The normalized spacial score (nSPS) is 14.8. The maximum Gasteiger partial charge on any atom is 0.165 e. The van der Waals surface area contributed by atoms with E-state index in [4.69, 9.17) is 9.47 Å². The third-order valence-corrected chi connectivity index (χ3v) is 5.20. The number of ether oxygens (including phenoxy) is 2. The van der Waals surface area contributed by atoms with Gasteiger partial charge >= 0.3 is 0 Å². The molecule has 0 saturated carbocycles. The van der Waals surface area contributed by atoms with Gasteiger partial charge in [0, 0.05) is 42.7 Å². The van der Waals surface area contributed by atoms with E-state index in [-0.39, 0.29) is 0 Å². The minimum atomic E-state index is 0.444. The molecule has 0 atom stereocenters. The lowest BCUT2D eigenvalue weighted by Crippen LogP contribution is -2.47. The Morgan fingerprint density at radius 1 is 1.00 bits per heavy atom. The zero-order chi connectivity index (χ0) is 18.8. The third kappa shape index (κ3) is 3.30. The fraction of sp³-hybridized carbons (Fsp3) is 0.318. The van der Waals surface area contributed by atoms with Crippen LogP contribution in [-0.2, 0) is 6.54 Å². The summed E-state index contributed by atoms with van der Waals surface area (Å²) in [5.41, 5.74) is 3.52. The smallest absolute Gasteiger partial charge is 0.165 e. The minimum absolute atomic E-state index is 0.444. The predicted octanol–water partition coefficient (Wildman–Crippen LogP) is 3.93. The molecule has 0 unspecified atom stereocenters. The number of imidazole rings is 1. The second-order valence-electron chi connectivity index (χ2n) is 6.96. The summed E-state index contributed by atoms with van der Waals surface area (Å²) in [4.78, 5) is 7.08. The largest absolute Gasteiger partial charge is 0.493 e. The first-order valence-corrected chi connectivity index (χ1v) is 9.22. The fourth-order valence-corrected chi connectivity index (χ4v) is 3.86. The molecule has 5 nitrogen and oxygen atoms in total. The van der Waals surface area contributed by atoms with Crippen molar-refractivity contribution < 1.29 is 9.47 Å². The average molecular weight is 363 g/mol. The monoisotopic (exact) mass is 363 g/mol. The summed E-state index contributed by atoms with van der Waals surface area (Å²) >= 11 is 0. The highest BCUT2D eigenvalue weighted by atomic mass is 16.5. The first-order chi connectivity index (χ1) is 13.2. The molecule has 2 aromatic carbocycles. The molecule has 0 radical (unpaired) electrons. The summed E-state index contributed by atoms with van der Waals surface area (Å²) in [6, 6.07) is 16.9. The van der Waals surface area contributed by atoms with Crippen LogP contribution < -0.4 is 9.47 Å². The van der Waals surface area contributed by atoms with Crippen LogP contribution in [0.1, 0.15) is 17.3 Å². The molecule has 1 fully saturated rings. The molecule has 3 aromatic rings. The highest BCUT2D eigenvalue weighted by Gasteiger charge is 2.31. The number of hydrogen-bond donors (Lipinski definition) is 0. The van der Waals surface area contributed by atoms with Crippen molar-refractivity contribution in [3.8, 4) is 22.9 Å². The molecule has 1 aliphatic rings. The van der Waals surface area contributed by atoms with Crippen LogP contribution in [-0.4, -0.2) is 41.8 Å². The highest BCUT2D eigenvalue weighted by molar-refractivity contribution is 5.56. The summed E-state index contributed by atoms with van der Waals surface area (Å²) < 4.78 is 13.3. The Hall–Kier alpha value is -2.79. The SMILES string of the molecule is COc1cccc(CN2CC(n3c(C)cnc3-c3ccccc3)C2)c1OC. The summed E-state index contributed by atoms with van der Waals surface area (Å²) in [5.74, 6) is 2.66. The highest BCUT2D eigenvalue weighted by Crippen LogP contribution is 2.35. The van der Waals surface area contributed by atoms with E-state index in [1.807, 2.05) is 24.4 Å². The van der Waals surface area contributed by atoms with Crippen LogP contribution in [0.4, 0.5) is 0 Å². The Morgan fingerprint density at radius 2 is 1.78 bits per heavy atom. The van der Waals surface area contributed by atoms with E-state index in [1.165, 1.54) is 11.3 Å². The molecule has 5 heteroatoms. The Kier molecular flexibility index (Phi) is 4.86. The van der Waals surface area contributed by atoms with Gasteiger partial charge in [-0.15, -0.1) is 0 Å². The number of rotatable bonds is 6. The maximum absolute atomic E-state index is 5.57. The van der Waals surface area contributed by atoms with Gasteiger partial charge in [-0.1, -0.05) is 42.5 Å². The minimum Gasteiger partial charge on any atom is -0.493 e. The Labute approximate surface area is 160 Å². The van der Waals surface area contributed by atoms with E-state index >= 15 is 0 Å². The molecule has 2 heterocycles. The number of methoxy groups -OCH3 is 2. The van der Waals surface area contributed by atoms with Crippen LogP contribution in [0.25, 0.3) is 11.4 Å². The van der Waals surface area contributed by atoms with E-state index < -0.39 is 0 Å². The van der Waals surface area contributed by atoms with Crippen LogP contribution in [0.15, 0.2) is 54.7 Å². The standard InChI is InChI=1S/C22H25N3O2/c1-16-12-23-22(17-8-5-4-6-9-17)25(16)19-14-24(15-19)13-18-10-7-11-20(26-2)21(18)27-3/h4-12,19H,13-15H2,1-3H3. The van der Waals surface area contributed by atoms with Crippen molar-refractivity contribution >= 4 is 0 Å². The lowest BCUT2D eigenvalue weighted by atomic mass is 10.0. The van der Waals surface area contributed by atoms with Gasteiger partial charge in [-0.25, -0.2) is 4.98 Å². The molecule has 1 saturated heterocycles. The van der Waals surface area contributed by atoms with Gasteiger partial charge in [0.1, 0.15) is 5.82 Å². The van der Waals surface area contributed by atoms with Crippen molar-refractivity contribution in [2.75, 3.05) is 27.3 Å². The van der Waals surface area contributed by atoms with Crippen molar-refractivity contribution in [1.82, 2.24) is 14.5 Å². The predicted molar refractivity (Wildman–Crippen MR) is 106 cm³/mol. The molecule has 1 aliphatic heterocycles. The van der Waals surface area contributed by atoms with Crippen molar-refractivity contribution in [3.63, 3.8) is 0 Å². The molecule has 0 N–H and O–H groups in total.